The lowest BCUT2D eigenvalue weighted by molar-refractivity contribution is -0.116. The predicted molar refractivity (Wildman–Crippen MR) is 105 cm³/mol. The van der Waals surface area contributed by atoms with Gasteiger partial charge in [0.15, 0.2) is 10.9 Å². The van der Waals surface area contributed by atoms with Crippen molar-refractivity contribution in [2.24, 2.45) is 0 Å². The van der Waals surface area contributed by atoms with Gasteiger partial charge in [0.1, 0.15) is 6.54 Å². The number of hydrogen-bond acceptors (Lipinski definition) is 5. The zero-order valence-corrected chi connectivity index (χ0v) is 16.4. The molecule has 6 nitrogen and oxygen atoms in total. The summed E-state index contributed by atoms with van der Waals surface area (Å²) in [6.07, 6.45) is 3.78. The minimum absolute atomic E-state index is 0.0991. The lowest BCUT2D eigenvalue weighted by Crippen LogP contribution is -2.34. The van der Waals surface area contributed by atoms with E-state index in [0.717, 1.165) is 21.0 Å². The fraction of sp³-hybridized carbons (Fsp3) is 0.211. The average molecular weight is 404 g/mol. The Balaban J connectivity index is 1.58. The van der Waals surface area contributed by atoms with E-state index in [1.54, 1.807) is 18.3 Å². The molecule has 0 fully saturated rings. The van der Waals surface area contributed by atoms with E-state index in [1.165, 1.54) is 29.5 Å². The molecule has 0 bridgehead atoms. The van der Waals surface area contributed by atoms with Gasteiger partial charge >= 0.3 is 0 Å². The van der Waals surface area contributed by atoms with E-state index in [0.29, 0.717) is 11.6 Å². The fourth-order valence-electron chi connectivity index (χ4n) is 2.51. The highest BCUT2D eigenvalue weighted by atomic mass is 35.5. The van der Waals surface area contributed by atoms with Crippen LogP contribution in [0.15, 0.2) is 47.2 Å². The van der Waals surface area contributed by atoms with Gasteiger partial charge in [-0.25, -0.2) is 4.98 Å². The molecule has 0 spiro atoms. The topological polar surface area (TPSA) is 75.4 Å². The Morgan fingerprint density at radius 2 is 2.11 bits per heavy atom. The number of nitrogens with zero attached hydrogens (tertiary/aromatic N) is 2. The highest BCUT2D eigenvalue weighted by Crippen LogP contribution is 2.26. The van der Waals surface area contributed by atoms with Gasteiger partial charge in [-0.1, -0.05) is 29.8 Å². The van der Waals surface area contributed by atoms with Crippen LogP contribution in [0.5, 0.6) is 0 Å². The minimum atomic E-state index is -0.357. The van der Waals surface area contributed by atoms with Gasteiger partial charge in [-0.05, 0) is 30.2 Å². The SMILES string of the molecule is Cc1cccc(Cc2cnc(NC(=O)CN(C)C(=O)c3ccco3)s2)c1Cl. The number of benzene rings is 1. The summed E-state index contributed by atoms with van der Waals surface area (Å²) in [6.45, 7) is 1.86. The van der Waals surface area contributed by atoms with Gasteiger partial charge in [0.05, 0.1) is 6.26 Å². The zero-order valence-electron chi connectivity index (χ0n) is 14.9. The molecule has 0 saturated carbocycles. The van der Waals surface area contributed by atoms with Gasteiger partial charge in [0.2, 0.25) is 5.91 Å². The Bertz CT molecular complexity index is 953. The number of halogens is 1. The van der Waals surface area contributed by atoms with Crippen LogP contribution in [0.1, 0.15) is 26.6 Å². The number of thiazole rings is 1. The molecule has 0 aliphatic heterocycles. The number of aryl methyl sites for hydroxylation is 1. The van der Waals surface area contributed by atoms with Crippen LogP contribution in [0.4, 0.5) is 5.13 Å². The van der Waals surface area contributed by atoms with Crippen molar-refractivity contribution < 1.29 is 14.0 Å². The molecule has 3 rings (SSSR count). The van der Waals surface area contributed by atoms with E-state index in [1.807, 2.05) is 25.1 Å². The first-order valence-electron chi connectivity index (χ1n) is 8.21. The lowest BCUT2D eigenvalue weighted by atomic mass is 10.1. The molecule has 27 heavy (non-hydrogen) atoms. The number of carbonyl (C=O) groups is 2. The van der Waals surface area contributed by atoms with Crippen molar-refractivity contribution in [1.82, 2.24) is 9.88 Å². The molecule has 0 unspecified atom stereocenters. The van der Waals surface area contributed by atoms with Crippen molar-refractivity contribution in [1.29, 1.82) is 0 Å². The zero-order chi connectivity index (χ0) is 19.4. The molecule has 0 aliphatic carbocycles. The van der Waals surface area contributed by atoms with Crippen molar-refractivity contribution in [3.63, 3.8) is 0 Å². The number of hydrogen-bond donors (Lipinski definition) is 1. The quantitative estimate of drug-likeness (QED) is 0.675. The normalized spacial score (nSPS) is 10.6. The Morgan fingerprint density at radius 3 is 2.85 bits per heavy atom. The number of rotatable bonds is 6. The van der Waals surface area contributed by atoms with E-state index in [9.17, 15) is 9.59 Å². The number of nitrogens with one attached hydrogen (secondary N) is 1. The molecule has 1 N–H and O–H groups in total. The van der Waals surface area contributed by atoms with Gasteiger partial charge in [0.25, 0.3) is 5.91 Å². The molecular weight excluding hydrogens is 386 g/mol. The fourth-order valence-corrected chi connectivity index (χ4v) is 3.56. The van der Waals surface area contributed by atoms with Gasteiger partial charge in [-0.3, -0.25) is 9.59 Å². The third-order valence-electron chi connectivity index (χ3n) is 3.90. The second-order valence-corrected chi connectivity index (χ2v) is 7.54. The van der Waals surface area contributed by atoms with Crippen LogP contribution in [0.2, 0.25) is 5.02 Å². The third-order valence-corrected chi connectivity index (χ3v) is 5.35. The Labute approximate surface area is 165 Å². The summed E-state index contributed by atoms with van der Waals surface area (Å²) in [5.41, 5.74) is 2.04. The van der Waals surface area contributed by atoms with E-state index < -0.39 is 0 Å². The molecule has 2 amide bonds. The second-order valence-electron chi connectivity index (χ2n) is 6.04. The summed E-state index contributed by atoms with van der Waals surface area (Å²) in [5, 5.41) is 3.95. The molecule has 3 aromatic rings. The molecule has 2 heterocycles. The molecule has 0 aliphatic rings. The van der Waals surface area contributed by atoms with E-state index >= 15 is 0 Å². The van der Waals surface area contributed by atoms with E-state index in [-0.39, 0.29) is 24.1 Å². The van der Waals surface area contributed by atoms with Crippen molar-refractivity contribution in [2.45, 2.75) is 13.3 Å². The summed E-state index contributed by atoms with van der Waals surface area (Å²) in [7, 11) is 1.54. The van der Waals surface area contributed by atoms with Crippen molar-refractivity contribution in [3.8, 4) is 0 Å². The first-order valence-corrected chi connectivity index (χ1v) is 9.41. The van der Waals surface area contributed by atoms with Crippen molar-refractivity contribution >= 4 is 39.9 Å². The Morgan fingerprint density at radius 1 is 1.30 bits per heavy atom. The maximum absolute atomic E-state index is 12.2. The van der Waals surface area contributed by atoms with Gasteiger partial charge in [0, 0.05) is 29.6 Å². The summed E-state index contributed by atoms with van der Waals surface area (Å²) < 4.78 is 5.05. The smallest absolute Gasteiger partial charge is 0.289 e. The van der Waals surface area contributed by atoms with Crippen LogP contribution < -0.4 is 5.32 Å². The van der Waals surface area contributed by atoms with E-state index in [4.69, 9.17) is 16.0 Å². The monoisotopic (exact) mass is 403 g/mol. The van der Waals surface area contributed by atoms with Crippen molar-refractivity contribution in [2.75, 3.05) is 18.9 Å². The molecule has 1 aromatic carbocycles. The first kappa shape index (κ1) is 19.1. The highest BCUT2D eigenvalue weighted by Gasteiger charge is 2.18. The maximum Gasteiger partial charge on any atom is 0.289 e. The Kier molecular flexibility index (Phi) is 5.93. The number of carbonyl (C=O) groups excluding carboxylic acids is 2. The Hall–Kier alpha value is -2.64. The van der Waals surface area contributed by atoms with Gasteiger partial charge < -0.3 is 14.6 Å². The molecule has 2 aromatic heterocycles. The summed E-state index contributed by atoms with van der Waals surface area (Å²) in [5.74, 6) is -0.493. The maximum atomic E-state index is 12.2. The highest BCUT2D eigenvalue weighted by molar-refractivity contribution is 7.15. The molecule has 0 saturated heterocycles. The summed E-state index contributed by atoms with van der Waals surface area (Å²) in [4.78, 5) is 30.8. The van der Waals surface area contributed by atoms with Crippen LogP contribution in [0.3, 0.4) is 0 Å². The predicted octanol–water partition coefficient (Wildman–Crippen LogP) is 4.00. The lowest BCUT2D eigenvalue weighted by Gasteiger charge is -2.14. The number of aromatic nitrogens is 1. The number of furan rings is 1. The van der Waals surface area contributed by atoms with Crippen LogP contribution in [-0.4, -0.2) is 35.3 Å². The van der Waals surface area contributed by atoms with Crippen LogP contribution in [-0.2, 0) is 11.2 Å². The van der Waals surface area contributed by atoms with E-state index in [2.05, 4.69) is 10.3 Å². The first-order chi connectivity index (χ1) is 12.9. The standard InChI is InChI=1S/C19H18ClN3O3S/c1-12-5-3-6-13(17(12)20)9-14-10-21-19(27-14)22-16(24)11-23(2)18(25)15-7-4-8-26-15/h3-8,10H,9,11H2,1-2H3,(H,21,22,24). The largest absolute Gasteiger partial charge is 0.459 e. The van der Waals surface area contributed by atoms with Gasteiger partial charge in [-0.15, -0.1) is 11.3 Å². The average Bonchev–Trinajstić information content (AvgIpc) is 3.30. The summed E-state index contributed by atoms with van der Waals surface area (Å²) in [6, 6.07) is 9.08. The number of anilines is 1. The number of likely N-dealkylation sites (N-methyl/N-ethyl adjacent to an activating group) is 1. The number of amides is 2. The second kappa shape index (κ2) is 8.37. The minimum Gasteiger partial charge on any atom is -0.459 e. The van der Waals surface area contributed by atoms with Crippen molar-refractivity contribution in [3.05, 3.63) is 69.6 Å². The molecule has 8 heteroatoms. The van der Waals surface area contributed by atoms with Crippen LogP contribution >= 0.6 is 22.9 Å². The molecule has 0 radical (unpaired) electrons. The molecular formula is C19H18ClN3O3S. The van der Waals surface area contributed by atoms with Gasteiger partial charge in [-0.2, -0.15) is 0 Å². The van der Waals surface area contributed by atoms with Crippen LogP contribution in [0, 0.1) is 6.92 Å². The van der Waals surface area contributed by atoms with Crippen LogP contribution in [0.25, 0.3) is 0 Å². The summed E-state index contributed by atoms with van der Waals surface area (Å²) >= 11 is 7.71. The third kappa shape index (κ3) is 4.75. The molecule has 140 valence electrons. The molecule has 0 atom stereocenters.